The summed E-state index contributed by atoms with van der Waals surface area (Å²) in [6.45, 7) is 0. The zero-order chi connectivity index (χ0) is 13.1. The molecule has 0 saturated heterocycles. The van der Waals surface area contributed by atoms with Crippen molar-refractivity contribution in [1.29, 1.82) is 0 Å². The van der Waals surface area contributed by atoms with Gasteiger partial charge in [0.05, 0.1) is 11.3 Å². The van der Waals surface area contributed by atoms with Gasteiger partial charge in [0.25, 0.3) is 5.91 Å². The molecule has 6 heteroatoms. The number of aromatic nitrogens is 1. The molecule has 0 unspecified atom stereocenters. The standard InChI is InChI=1S/C12H9IN2O3/c13-7-3-4-9(8(6-7)12(17)18)15-11(16)10-2-1-5-14-10/h1-6,14H,(H,15,16)(H,17,18). The first-order valence-electron chi connectivity index (χ1n) is 5.05. The smallest absolute Gasteiger partial charge is 0.337 e. The SMILES string of the molecule is O=C(Nc1ccc(I)cc1C(=O)O)c1ccc[nH]1. The van der Waals surface area contributed by atoms with Gasteiger partial charge >= 0.3 is 5.97 Å². The summed E-state index contributed by atoms with van der Waals surface area (Å²) >= 11 is 2.02. The molecular formula is C12H9IN2O3. The van der Waals surface area contributed by atoms with E-state index in [1.54, 1.807) is 30.5 Å². The van der Waals surface area contributed by atoms with Gasteiger partial charge in [-0.25, -0.2) is 4.79 Å². The van der Waals surface area contributed by atoms with Crippen LogP contribution in [0.3, 0.4) is 0 Å². The Labute approximate surface area is 116 Å². The minimum atomic E-state index is -1.07. The number of carbonyl (C=O) groups excluding carboxylic acids is 1. The van der Waals surface area contributed by atoms with E-state index in [0.717, 1.165) is 3.57 Å². The lowest BCUT2D eigenvalue weighted by molar-refractivity contribution is 0.0698. The molecule has 5 nitrogen and oxygen atoms in total. The van der Waals surface area contributed by atoms with Crippen LogP contribution in [0, 0.1) is 3.57 Å². The number of nitrogens with one attached hydrogen (secondary N) is 2. The number of aromatic carboxylic acids is 1. The Morgan fingerprint density at radius 2 is 2.06 bits per heavy atom. The number of carboxylic acid groups (broad SMARTS) is 1. The minimum absolute atomic E-state index is 0.0711. The normalized spacial score (nSPS) is 10.1. The highest BCUT2D eigenvalue weighted by molar-refractivity contribution is 14.1. The lowest BCUT2D eigenvalue weighted by Gasteiger charge is -2.08. The van der Waals surface area contributed by atoms with Crippen LogP contribution in [0.4, 0.5) is 5.69 Å². The van der Waals surface area contributed by atoms with Crippen molar-refractivity contribution in [1.82, 2.24) is 4.98 Å². The number of anilines is 1. The summed E-state index contributed by atoms with van der Waals surface area (Å²) in [5.74, 6) is -1.45. The average Bonchev–Trinajstić information content (AvgIpc) is 2.84. The van der Waals surface area contributed by atoms with Gasteiger partial charge in [0.15, 0.2) is 0 Å². The number of carbonyl (C=O) groups is 2. The predicted octanol–water partition coefficient (Wildman–Crippen LogP) is 2.57. The van der Waals surface area contributed by atoms with Crippen LogP contribution in [0.5, 0.6) is 0 Å². The van der Waals surface area contributed by atoms with Crippen molar-refractivity contribution in [2.75, 3.05) is 5.32 Å². The summed E-state index contributed by atoms with van der Waals surface area (Å²) in [4.78, 5) is 25.6. The molecule has 1 aromatic carbocycles. The van der Waals surface area contributed by atoms with Crippen molar-refractivity contribution in [3.63, 3.8) is 0 Å². The van der Waals surface area contributed by atoms with Gasteiger partial charge in [-0.05, 0) is 52.9 Å². The number of benzene rings is 1. The van der Waals surface area contributed by atoms with Gasteiger partial charge in [-0.3, -0.25) is 4.79 Å². The molecule has 2 aromatic rings. The minimum Gasteiger partial charge on any atom is -0.478 e. The van der Waals surface area contributed by atoms with E-state index < -0.39 is 5.97 Å². The third-order valence-corrected chi connectivity index (χ3v) is 2.97. The van der Waals surface area contributed by atoms with Crippen LogP contribution in [0.1, 0.15) is 20.8 Å². The number of amides is 1. The summed E-state index contributed by atoms with van der Waals surface area (Å²) in [5, 5.41) is 11.6. The summed E-state index contributed by atoms with van der Waals surface area (Å²) in [6, 6.07) is 8.13. The van der Waals surface area contributed by atoms with E-state index in [0.29, 0.717) is 5.69 Å². The fourth-order valence-corrected chi connectivity index (χ4v) is 1.95. The molecule has 0 aliphatic heterocycles. The van der Waals surface area contributed by atoms with E-state index >= 15 is 0 Å². The molecule has 0 aliphatic rings. The third-order valence-electron chi connectivity index (χ3n) is 2.30. The van der Waals surface area contributed by atoms with E-state index in [-0.39, 0.29) is 17.2 Å². The Kier molecular flexibility index (Phi) is 3.66. The van der Waals surface area contributed by atoms with Gasteiger partial charge in [-0.15, -0.1) is 0 Å². The van der Waals surface area contributed by atoms with Crippen LogP contribution < -0.4 is 5.32 Å². The molecule has 0 saturated carbocycles. The van der Waals surface area contributed by atoms with Crippen LogP contribution in [-0.4, -0.2) is 22.0 Å². The quantitative estimate of drug-likeness (QED) is 0.740. The van der Waals surface area contributed by atoms with Crippen LogP contribution in [0.25, 0.3) is 0 Å². The summed E-state index contributed by atoms with van der Waals surface area (Å²) in [6.07, 6.45) is 1.63. The molecule has 0 fully saturated rings. The molecule has 1 aromatic heterocycles. The Bertz CT molecular complexity index is 593. The maximum atomic E-state index is 11.8. The average molecular weight is 356 g/mol. The number of rotatable bonds is 3. The predicted molar refractivity (Wildman–Crippen MR) is 74.9 cm³/mol. The van der Waals surface area contributed by atoms with Crippen molar-refractivity contribution in [2.24, 2.45) is 0 Å². The summed E-state index contributed by atoms with van der Waals surface area (Å²) in [5.41, 5.74) is 0.731. The van der Waals surface area contributed by atoms with Crippen molar-refractivity contribution in [2.45, 2.75) is 0 Å². The second kappa shape index (κ2) is 5.21. The zero-order valence-electron chi connectivity index (χ0n) is 9.11. The largest absolute Gasteiger partial charge is 0.478 e. The van der Waals surface area contributed by atoms with Gasteiger partial charge in [0, 0.05) is 9.77 Å². The number of carboxylic acids is 1. The Balaban J connectivity index is 2.29. The first-order valence-corrected chi connectivity index (χ1v) is 6.13. The van der Waals surface area contributed by atoms with E-state index in [1.165, 1.54) is 6.07 Å². The zero-order valence-corrected chi connectivity index (χ0v) is 11.3. The van der Waals surface area contributed by atoms with Gasteiger partial charge in [0.2, 0.25) is 0 Å². The molecule has 18 heavy (non-hydrogen) atoms. The van der Waals surface area contributed by atoms with Crippen molar-refractivity contribution >= 4 is 40.2 Å². The van der Waals surface area contributed by atoms with Gasteiger partial charge in [-0.2, -0.15) is 0 Å². The summed E-state index contributed by atoms with van der Waals surface area (Å²) in [7, 11) is 0. The van der Waals surface area contributed by atoms with Gasteiger partial charge in [-0.1, -0.05) is 0 Å². The first-order chi connectivity index (χ1) is 8.58. The lowest BCUT2D eigenvalue weighted by Crippen LogP contribution is -2.15. The van der Waals surface area contributed by atoms with Crippen LogP contribution in [0.2, 0.25) is 0 Å². The van der Waals surface area contributed by atoms with Gasteiger partial charge in [0.1, 0.15) is 5.69 Å². The number of halogens is 1. The van der Waals surface area contributed by atoms with Crippen LogP contribution in [-0.2, 0) is 0 Å². The number of H-pyrrole nitrogens is 1. The molecule has 3 N–H and O–H groups in total. The van der Waals surface area contributed by atoms with Crippen molar-refractivity contribution in [3.05, 3.63) is 51.4 Å². The Morgan fingerprint density at radius 1 is 1.28 bits per heavy atom. The molecule has 92 valence electrons. The van der Waals surface area contributed by atoms with Gasteiger partial charge < -0.3 is 15.4 Å². The molecule has 2 rings (SSSR count). The lowest BCUT2D eigenvalue weighted by atomic mass is 10.2. The maximum absolute atomic E-state index is 11.8. The van der Waals surface area contributed by atoms with E-state index in [2.05, 4.69) is 10.3 Å². The Morgan fingerprint density at radius 3 is 2.67 bits per heavy atom. The molecule has 1 heterocycles. The molecule has 0 radical (unpaired) electrons. The summed E-state index contributed by atoms with van der Waals surface area (Å²) < 4.78 is 0.794. The molecule has 0 bridgehead atoms. The molecule has 0 aliphatic carbocycles. The number of hydrogen-bond acceptors (Lipinski definition) is 2. The van der Waals surface area contributed by atoms with Crippen LogP contribution >= 0.6 is 22.6 Å². The second-order valence-corrected chi connectivity index (χ2v) is 4.78. The first kappa shape index (κ1) is 12.6. The van der Waals surface area contributed by atoms with E-state index in [4.69, 9.17) is 5.11 Å². The van der Waals surface area contributed by atoms with E-state index in [1.807, 2.05) is 22.6 Å². The fraction of sp³-hybridized carbons (Fsp3) is 0. The third kappa shape index (κ3) is 2.70. The molecular weight excluding hydrogens is 347 g/mol. The maximum Gasteiger partial charge on any atom is 0.337 e. The molecule has 1 amide bonds. The highest BCUT2D eigenvalue weighted by Crippen LogP contribution is 2.19. The number of hydrogen-bond donors (Lipinski definition) is 3. The Hall–Kier alpha value is -1.83. The fourth-order valence-electron chi connectivity index (χ4n) is 1.46. The molecule has 0 spiro atoms. The van der Waals surface area contributed by atoms with Crippen LogP contribution in [0.15, 0.2) is 36.5 Å². The van der Waals surface area contributed by atoms with Crippen molar-refractivity contribution < 1.29 is 14.7 Å². The van der Waals surface area contributed by atoms with E-state index in [9.17, 15) is 9.59 Å². The highest BCUT2D eigenvalue weighted by Gasteiger charge is 2.14. The highest BCUT2D eigenvalue weighted by atomic mass is 127. The van der Waals surface area contributed by atoms with Crippen molar-refractivity contribution in [3.8, 4) is 0 Å². The monoisotopic (exact) mass is 356 g/mol. The topological polar surface area (TPSA) is 82.2 Å². The number of aromatic amines is 1. The second-order valence-electron chi connectivity index (χ2n) is 3.53. The molecule has 0 atom stereocenters.